The predicted molar refractivity (Wildman–Crippen MR) is 97.4 cm³/mol. The number of methoxy groups -OCH3 is 2. The number of aliphatic hydroxyl groups excluding tert-OH is 1. The van der Waals surface area contributed by atoms with Crippen molar-refractivity contribution in [2.24, 2.45) is 0 Å². The zero-order chi connectivity index (χ0) is 19.7. The van der Waals surface area contributed by atoms with E-state index in [1.165, 1.54) is 26.4 Å². The Labute approximate surface area is 156 Å². The number of carbonyl (C=O) groups is 2. The van der Waals surface area contributed by atoms with Gasteiger partial charge in [0.25, 0.3) is 0 Å². The molecule has 1 aliphatic carbocycles. The maximum atomic E-state index is 11.9. The number of carboxylic acids is 1. The number of fused-ring (bicyclic) bond motifs is 1. The van der Waals surface area contributed by atoms with E-state index in [9.17, 15) is 19.8 Å². The van der Waals surface area contributed by atoms with Crippen molar-refractivity contribution in [1.82, 2.24) is 0 Å². The summed E-state index contributed by atoms with van der Waals surface area (Å²) in [4.78, 5) is 24.8. The fraction of sp³-hybridized carbons (Fsp3) is 0.300. The van der Waals surface area contributed by atoms with Crippen LogP contribution in [0.1, 0.15) is 22.3 Å². The summed E-state index contributed by atoms with van der Waals surface area (Å²) in [6.45, 7) is 0.780. The summed E-state index contributed by atoms with van der Waals surface area (Å²) < 4.78 is 10.5. The van der Waals surface area contributed by atoms with Crippen molar-refractivity contribution in [3.63, 3.8) is 0 Å². The second kappa shape index (κ2) is 7.28. The topological polar surface area (TPSA) is 97.5 Å². The summed E-state index contributed by atoms with van der Waals surface area (Å²) in [5.74, 6) is -1.28. The first-order chi connectivity index (χ1) is 12.9. The van der Waals surface area contributed by atoms with E-state index in [2.05, 4.69) is 0 Å². The molecule has 0 radical (unpaired) electrons. The Hall–Kier alpha value is -3.06. The van der Waals surface area contributed by atoms with Crippen LogP contribution >= 0.6 is 0 Å². The van der Waals surface area contributed by atoms with Crippen LogP contribution in [0.5, 0.6) is 11.5 Å². The number of nitrogens with one attached hydrogen (secondary N) is 1. The van der Waals surface area contributed by atoms with Gasteiger partial charge in [-0.25, -0.2) is 4.79 Å². The number of aliphatic hydroxyl groups is 1. The third-order valence-electron chi connectivity index (χ3n) is 5.01. The predicted octanol–water partition coefficient (Wildman–Crippen LogP) is 1.07. The number of ether oxygens (including phenoxy) is 2. The quantitative estimate of drug-likeness (QED) is 0.715. The molecule has 3 N–H and O–H groups in total. The van der Waals surface area contributed by atoms with Gasteiger partial charge in [-0.2, -0.15) is 0 Å². The van der Waals surface area contributed by atoms with Crippen LogP contribution in [0.25, 0.3) is 0 Å². The Morgan fingerprint density at radius 2 is 1.96 bits per heavy atom. The highest BCUT2D eigenvalue weighted by Gasteiger charge is 2.31. The zero-order valence-electron chi connectivity index (χ0n) is 15.5. The Balaban J connectivity index is 2.14. The number of quaternary nitrogens is 1. The average molecular weight is 372 g/mol. The second-order valence-corrected chi connectivity index (χ2v) is 6.55. The number of allylic oxidation sites excluding steroid dienone is 4. The van der Waals surface area contributed by atoms with Gasteiger partial charge in [0.2, 0.25) is 5.78 Å². The minimum atomic E-state index is -1.10. The Morgan fingerprint density at radius 3 is 2.59 bits per heavy atom. The molecule has 1 aliphatic heterocycles. The van der Waals surface area contributed by atoms with Gasteiger partial charge in [-0.3, -0.25) is 4.79 Å². The molecule has 0 amide bonds. The van der Waals surface area contributed by atoms with Gasteiger partial charge >= 0.3 is 5.97 Å². The SMILES string of the molecule is COc1ccc(CC2=C3C=C(O)C(=O)C=C3CC[NH+]2C)c(C(=O)O)c1OC. The normalized spacial score (nSPS) is 19.2. The Kier molecular flexibility index (Phi) is 5.05. The molecule has 0 bridgehead atoms. The van der Waals surface area contributed by atoms with E-state index in [-0.39, 0.29) is 17.1 Å². The summed E-state index contributed by atoms with van der Waals surface area (Å²) in [6.07, 6.45) is 4.01. The van der Waals surface area contributed by atoms with Crippen LogP contribution in [0.2, 0.25) is 0 Å². The molecule has 0 saturated heterocycles. The van der Waals surface area contributed by atoms with Gasteiger partial charge in [0, 0.05) is 18.4 Å². The Morgan fingerprint density at radius 1 is 1.22 bits per heavy atom. The van der Waals surface area contributed by atoms with Gasteiger partial charge in [-0.15, -0.1) is 0 Å². The molecule has 7 nitrogen and oxygen atoms in total. The van der Waals surface area contributed by atoms with E-state index >= 15 is 0 Å². The van der Waals surface area contributed by atoms with Gasteiger partial charge in [0.15, 0.2) is 17.3 Å². The summed E-state index contributed by atoms with van der Waals surface area (Å²) in [5.41, 5.74) is 3.21. The zero-order valence-corrected chi connectivity index (χ0v) is 15.5. The first-order valence-electron chi connectivity index (χ1n) is 8.56. The molecular weight excluding hydrogens is 350 g/mol. The second-order valence-electron chi connectivity index (χ2n) is 6.55. The molecule has 0 fully saturated rings. The van der Waals surface area contributed by atoms with Crippen molar-refractivity contribution >= 4 is 11.8 Å². The third-order valence-corrected chi connectivity index (χ3v) is 5.01. The molecule has 1 unspecified atom stereocenters. The van der Waals surface area contributed by atoms with Crippen LogP contribution in [0.4, 0.5) is 0 Å². The fourth-order valence-electron chi connectivity index (χ4n) is 3.59. The molecule has 3 rings (SSSR count). The largest absolute Gasteiger partial charge is 0.504 e. The molecule has 2 aliphatic rings. The fourth-order valence-corrected chi connectivity index (χ4v) is 3.59. The van der Waals surface area contributed by atoms with Crippen molar-refractivity contribution in [3.05, 3.63) is 58.0 Å². The summed E-state index contributed by atoms with van der Waals surface area (Å²) >= 11 is 0. The number of carbonyl (C=O) groups excluding carboxylic acids is 1. The molecule has 1 aromatic rings. The van der Waals surface area contributed by atoms with Gasteiger partial charge < -0.3 is 24.6 Å². The first-order valence-corrected chi connectivity index (χ1v) is 8.56. The Bertz CT molecular complexity index is 909. The summed E-state index contributed by atoms with van der Waals surface area (Å²) in [7, 11) is 4.85. The smallest absolute Gasteiger partial charge is 0.339 e. The molecule has 1 heterocycles. The number of benzene rings is 1. The van der Waals surface area contributed by atoms with Crippen LogP contribution in [0, 0.1) is 0 Å². The molecule has 142 valence electrons. The highest BCUT2D eigenvalue weighted by Crippen LogP contribution is 2.35. The van der Waals surface area contributed by atoms with Gasteiger partial charge in [-0.05, 0) is 29.4 Å². The maximum absolute atomic E-state index is 11.9. The first kappa shape index (κ1) is 18.7. The van der Waals surface area contributed by atoms with E-state index in [0.29, 0.717) is 17.7 Å². The van der Waals surface area contributed by atoms with Gasteiger partial charge in [0.1, 0.15) is 11.3 Å². The molecule has 1 aromatic carbocycles. The standard InChI is InChI=1S/C20H21NO6/c1-21-7-6-11-9-15(22)16(23)10-13(11)14(21)8-12-4-5-17(26-2)19(27-3)18(12)20(24)25/h4-5,9-10,23H,6-8H2,1-3H3,(H,24,25)/p+1. The third kappa shape index (κ3) is 3.33. The molecule has 1 atom stereocenters. The van der Waals surface area contributed by atoms with Gasteiger partial charge in [0.05, 0.1) is 27.8 Å². The number of likely N-dealkylation sites (N-methyl/N-ethyl adjacent to an activating group) is 1. The van der Waals surface area contributed by atoms with Crippen LogP contribution < -0.4 is 14.4 Å². The van der Waals surface area contributed by atoms with Crippen molar-refractivity contribution in [2.75, 3.05) is 27.8 Å². The van der Waals surface area contributed by atoms with E-state index in [1.54, 1.807) is 12.1 Å². The van der Waals surface area contributed by atoms with E-state index in [0.717, 1.165) is 34.7 Å². The minimum Gasteiger partial charge on any atom is -0.504 e. The number of hydrogen-bond donors (Lipinski definition) is 3. The van der Waals surface area contributed by atoms with E-state index < -0.39 is 11.8 Å². The van der Waals surface area contributed by atoms with Crippen molar-refractivity contribution < 1.29 is 34.2 Å². The lowest BCUT2D eigenvalue weighted by molar-refractivity contribution is -0.842. The maximum Gasteiger partial charge on any atom is 0.339 e. The summed E-state index contributed by atoms with van der Waals surface area (Å²) in [5, 5.41) is 19.6. The molecule has 0 spiro atoms. The van der Waals surface area contributed by atoms with E-state index in [1.807, 2.05) is 7.05 Å². The lowest BCUT2D eigenvalue weighted by atomic mass is 9.87. The van der Waals surface area contributed by atoms with Crippen molar-refractivity contribution in [1.29, 1.82) is 0 Å². The highest BCUT2D eigenvalue weighted by molar-refractivity contribution is 6.05. The van der Waals surface area contributed by atoms with Crippen molar-refractivity contribution in [3.8, 4) is 11.5 Å². The molecule has 27 heavy (non-hydrogen) atoms. The number of hydrogen-bond acceptors (Lipinski definition) is 5. The number of ketones is 1. The van der Waals surface area contributed by atoms with Crippen LogP contribution in [0.15, 0.2) is 46.9 Å². The monoisotopic (exact) mass is 372 g/mol. The summed E-state index contributed by atoms with van der Waals surface area (Å²) in [6, 6.07) is 3.39. The number of carboxylic acid groups (broad SMARTS) is 1. The number of rotatable bonds is 5. The van der Waals surface area contributed by atoms with Crippen LogP contribution in [-0.2, 0) is 11.2 Å². The lowest BCUT2D eigenvalue weighted by Crippen LogP contribution is -3.08. The minimum absolute atomic E-state index is 0.0499. The van der Waals surface area contributed by atoms with Gasteiger partial charge in [-0.1, -0.05) is 6.07 Å². The molecule has 0 saturated carbocycles. The lowest BCUT2D eigenvalue weighted by Gasteiger charge is -2.28. The van der Waals surface area contributed by atoms with E-state index in [4.69, 9.17) is 9.47 Å². The van der Waals surface area contributed by atoms with Crippen molar-refractivity contribution in [2.45, 2.75) is 12.8 Å². The average Bonchev–Trinajstić information content (AvgIpc) is 2.64. The number of aromatic carboxylic acids is 1. The molecule has 0 aromatic heterocycles. The molecular formula is C20H22NO6+. The highest BCUT2D eigenvalue weighted by atomic mass is 16.5. The van der Waals surface area contributed by atoms with Crippen LogP contribution in [0.3, 0.4) is 0 Å². The van der Waals surface area contributed by atoms with Crippen LogP contribution in [-0.4, -0.2) is 49.8 Å². The molecule has 7 heteroatoms.